The van der Waals surface area contributed by atoms with Crippen LogP contribution in [0.4, 0.5) is 14.5 Å². The van der Waals surface area contributed by atoms with Crippen molar-refractivity contribution in [3.63, 3.8) is 0 Å². The van der Waals surface area contributed by atoms with Gasteiger partial charge < -0.3 is 14.8 Å². The molecule has 0 aliphatic carbocycles. The van der Waals surface area contributed by atoms with Crippen LogP contribution >= 0.6 is 23.4 Å². The first kappa shape index (κ1) is 23.5. The molecule has 0 saturated carbocycles. The third-order valence-electron chi connectivity index (χ3n) is 4.01. The first-order chi connectivity index (χ1) is 15.3. The van der Waals surface area contributed by atoms with Crippen molar-refractivity contribution in [2.45, 2.75) is 18.7 Å². The van der Waals surface area contributed by atoms with E-state index in [1.807, 2.05) is 19.1 Å². The van der Waals surface area contributed by atoms with Crippen molar-refractivity contribution in [1.82, 2.24) is 14.8 Å². The predicted molar refractivity (Wildman–Crippen MR) is 114 cm³/mol. The number of hydrogen-bond acceptors (Lipinski definition) is 7. The third-order valence-corrected chi connectivity index (χ3v) is 5.33. The molecule has 0 radical (unpaired) electrons. The number of carbonyl (C=O) groups is 2. The van der Waals surface area contributed by atoms with Crippen LogP contribution in [-0.2, 0) is 14.3 Å². The number of nitrogens with zero attached hydrogens (tertiary/aromatic N) is 3. The van der Waals surface area contributed by atoms with E-state index < -0.39 is 25.1 Å². The molecule has 8 nitrogen and oxygen atoms in total. The fraction of sp³-hybridized carbons (Fsp3) is 0.200. The van der Waals surface area contributed by atoms with E-state index in [9.17, 15) is 18.4 Å². The molecule has 0 saturated heterocycles. The van der Waals surface area contributed by atoms with Crippen LogP contribution in [0.3, 0.4) is 0 Å². The molecule has 168 valence electrons. The zero-order valence-corrected chi connectivity index (χ0v) is 18.2. The Balaban J connectivity index is 1.51. The number of hydrogen-bond donors (Lipinski definition) is 1. The first-order valence-electron chi connectivity index (χ1n) is 9.12. The summed E-state index contributed by atoms with van der Waals surface area (Å²) in [5, 5.41) is 11.2. The molecule has 0 fully saturated rings. The Kier molecular flexibility index (Phi) is 8.01. The van der Waals surface area contributed by atoms with Crippen molar-refractivity contribution in [2.75, 3.05) is 17.7 Å². The van der Waals surface area contributed by atoms with E-state index in [-0.39, 0.29) is 17.2 Å². The number of anilines is 1. The highest BCUT2D eigenvalue weighted by molar-refractivity contribution is 7.99. The summed E-state index contributed by atoms with van der Waals surface area (Å²) in [5.74, 6) is -1.70. The van der Waals surface area contributed by atoms with Gasteiger partial charge in [-0.05, 0) is 36.8 Å². The molecule has 1 N–H and O–H groups in total. The molecule has 32 heavy (non-hydrogen) atoms. The number of amides is 1. The molecule has 3 aromatic rings. The summed E-state index contributed by atoms with van der Waals surface area (Å²) in [6.07, 6.45) is 1.49. The molecule has 2 aromatic carbocycles. The summed E-state index contributed by atoms with van der Waals surface area (Å²) in [6.45, 7) is -1.76. The molecular weight excluding hydrogens is 466 g/mol. The summed E-state index contributed by atoms with van der Waals surface area (Å²) in [5.41, 5.74) is 1.68. The highest BCUT2D eigenvalue weighted by Crippen LogP contribution is 2.26. The average Bonchev–Trinajstić information content (AvgIpc) is 3.22. The monoisotopic (exact) mass is 482 g/mol. The lowest BCUT2D eigenvalue weighted by molar-refractivity contribution is -0.144. The lowest BCUT2D eigenvalue weighted by Gasteiger charge is -2.11. The van der Waals surface area contributed by atoms with E-state index in [1.165, 1.54) is 30.6 Å². The molecule has 1 aromatic heterocycles. The van der Waals surface area contributed by atoms with Crippen LogP contribution in [0.5, 0.6) is 5.75 Å². The van der Waals surface area contributed by atoms with Crippen LogP contribution in [0.2, 0.25) is 5.02 Å². The second-order valence-electron chi connectivity index (χ2n) is 6.29. The molecule has 0 aliphatic rings. The maximum atomic E-state index is 12.4. The number of aryl methyl sites for hydroxylation is 1. The van der Waals surface area contributed by atoms with Gasteiger partial charge in [0.1, 0.15) is 12.1 Å². The van der Waals surface area contributed by atoms with Gasteiger partial charge in [0.2, 0.25) is 0 Å². The number of thioether (sulfide) groups is 1. The van der Waals surface area contributed by atoms with Crippen LogP contribution in [0, 0.1) is 6.92 Å². The van der Waals surface area contributed by atoms with E-state index >= 15 is 0 Å². The van der Waals surface area contributed by atoms with Crippen molar-refractivity contribution in [2.24, 2.45) is 0 Å². The SMILES string of the molecule is Cc1ccc(-n2cnnc2SCC(=O)OCC(=O)Nc2ccccc2OC(F)F)cc1Cl. The summed E-state index contributed by atoms with van der Waals surface area (Å²) in [6, 6.07) is 11.1. The number of alkyl halides is 2. The van der Waals surface area contributed by atoms with Gasteiger partial charge in [0.05, 0.1) is 17.1 Å². The Bertz CT molecular complexity index is 1110. The number of para-hydroxylation sites is 2. The Hall–Kier alpha value is -3.18. The van der Waals surface area contributed by atoms with Gasteiger partial charge in [0.15, 0.2) is 11.8 Å². The van der Waals surface area contributed by atoms with E-state index in [1.54, 1.807) is 10.6 Å². The topological polar surface area (TPSA) is 95.3 Å². The molecule has 12 heteroatoms. The highest BCUT2D eigenvalue weighted by atomic mass is 35.5. The molecule has 0 unspecified atom stereocenters. The number of nitrogens with one attached hydrogen (secondary N) is 1. The molecule has 1 amide bonds. The third kappa shape index (κ3) is 6.41. The number of aromatic nitrogens is 3. The van der Waals surface area contributed by atoms with Crippen molar-refractivity contribution < 1.29 is 27.8 Å². The normalized spacial score (nSPS) is 10.8. The van der Waals surface area contributed by atoms with Crippen LogP contribution in [0.25, 0.3) is 5.69 Å². The lowest BCUT2D eigenvalue weighted by Crippen LogP contribution is -2.22. The number of carbonyl (C=O) groups excluding carboxylic acids is 2. The fourth-order valence-corrected chi connectivity index (χ4v) is 3.40. The standard InChI is InChI=1S/C20H17ClF2N4O4S/c1-12-6-7-13(8-14(12)21)27-11-24-26-20(27)32-10-18(29)30-9-17(28)25-15-4-2-3-5-16(15)31-19(22)23/h2-8,11,19H,9-10H2,1H3,(H,25,28). The summed E-state index contributed by atoms with van der Waals surface area (Å²) in [7, 11) is 0. The highest BCUT2D eigenvalue weighted by Gasteiger charge is 2.15. The van der Waals surface area contributed by atoms with Crippen LogP contribution in [0.1, 0.15) is 5.56 Å². The minimum absolute atomic E-state index is 0.0353. The summed E-state index contributed by atoms with van der Waals surface area (Å²) in [4.78, 5) is 24.0. The minimum Gasteiger partial charge on any atom is -0.455 e. The predicted octanol–water partition coefficient (Wildman–Crippen LogP) is 4.10. The molecule has 0 spiro atoms. The minimum atomic E-state index is -3.04. The van der Waals surface area contributed by atoms with E-state index in [0.29, 0.717) is 10.2 Å². The number of halogens is 3. The molecule has 0 bridgehead atoms. The van der Waals surface area contributed by atoms with Crippen LogP contribution < -0.4 is 10.1 Å². The van der Waals surface area contributed by atoms with Crippen molar-refractivity contribution in [3.05, 3.63) is 59.4 Å². The number of esters is 1. The van der Waals surface area contributed by atoms with Crippen LogP contribution in [-0.4, -0.2) is 45.6 Å². The van der Waals surface area contributed by atoms with E-state index in [4.69, 9.17) is 16.3 Å². The summed E-state index contributed by atoms with van der Waals surface area (Å²) < 4.78 is 35.8. The molecule has 1 heterocycles. The Morgan fingerprint density at radius 3 is 2.78 bits per heavy atom. The molecule has 0 aliphatic heterocycles. The van der Waals surface area contributed by atoms with Gasteiger partial charge >= 0.3 is 12.6 Å². The number of benzene rings is 2. The molecular formula is C20H17ClF2N4O4S. The quantitative estimate of drug-likeness (QED) is 0.362. The number of ether oxygens (including phenoxy) is 2. The number of rotatable bonds is 9. The zero-order valence-electron chi connectivity index (χ0n) is 16.6. The Morgan fingerprint density at radius 2 is 2.03 bits per heavy atom. The van der Waals surface area contributed by atoms with E-state index in [0.717, 1.165) is 23.0 Å². The Morgan fingerprint density at radius 1 is 1.25 bits per heavy atom. The van der Waals surface area contributed by atoms with Crippen LogP contribution in [0.15, 0.2) is 53.9 Å². The lowest BCUT2D eigenvalue weighted by atomic mass is 10.2. The van der Waals surface area contributed by atoms with Gasteiger partial charge in [-0.15, -0.1) is 10.2 Å². The maximum Gasteiger partial charge on any atom is 0.387 e. The Labute approximate surface area is 190 Å². The van der Waals surface area contributed by atoms with Gasteiger partial charge in [-0.25, -0.2) is 0 Å². The molecule has 3 rings (SSSR count). The van der Waals surface area contributed by atoms with Gasteiger partial charge in [0, 0.05) is 5.02 Å². The summed E-state index contributed by atoms with van der Waals surface area (Å²) >= 11 is 7.22. The fourth-order valence-electron chi connectivity index (χ4n) is 2.50. The zero-order chi connectivity index (χ0) is 23.1. The van der Waals surface area contributed by atoms with Crippen molar-refractivity contribution in [3.8, 4) is 11.4 Å². The first-order valence-corrected chi connectivity index (χ1v) is 10.5. The smallest absolute Gasteiger partial charge is 0.387 e. The van der Waals surface area contributed by atoms with Crippen molar-refractivity contribution >= 4 is 40.9 Å². The van der Waals surface area contributed by atoms with Gasteiger partial charge in [-0.3, -0.25) is 14.2 Å². The van der Waals surface area contributed by atoms with Gasteiger partial charge in [-0.2, -0.15) is 8.78 Å². The van der Waals surface area contributed by atoms with Crippen molar-refractivity contribution in [1.29, 1.82) is 0 Å². The van der Waals surface area contributed by atoms with E-state index in [2.05, 4.69) is 20.3 Å². The average molecular weight is 483 g/mol. The molecule has 0 atom stereocenters. The second kappa shape index (κ2) is 10.9. The van der Waals surface area contributed by atoms with Gasteiger partial charge in [0.25, 0.3) is 5.91 Å². The maximum absolute atomic E-state index is 12.4. The largest absolute Gasteiger partial charge is 0.455 e. The van der Waals surface area contributed by atoms with Gasteiger partial charge in [-0.1, -0.05) is 41.6 Å². The second-order valence-corrected chi connectivity index (χ2v) is 7.64.